The summed E-state index contributed by atoms with van der Waals surface area (Å²) in [4.78, 5) is 2.49. The maximum Gasteiger partial charge on any atom is 0.140 e. The van der Waals surface area contributed by atoms with Crippen LogP contribution in [-0.2, 0) is 10.8 Å². The summed E-state index contributed by atoms with van der Waals surface area (Å²) in [6.07, 6.45) is 0. The second-order valence-corrected chi connectivity index (χ2v) is 19.1. The molecule has 0 aromatic heterocycles. The Hall–Kier alpha value is -8.46. The molecule has 14 rings (SSSR count). The topological polar surface area (TPSA) is 12.5 Å². The maximum atomic E-state index is 7.23. The molecule has 68 heavy (non-hydrogen) atoms. The number of fused-ring (bicyclic) bond motifs is 16. The SMILES string of the molecule is CC1(C)c2ccccc2-c2c(N(c3ccc(-c4cccc5c4-c4ccccc4C54c5ccc6ccccc6c5Oc5c4ccc4ccccc54)cc3)c3ccccc3-c3ccccc3)cccc21. The van der Waals surface area contributed by atoms with Gasteiger partial charge in [0, 0.05) is 44.1 Å². The molecule has 1 aliphatic heterocycles. The molecule has 0 fully saturated rings. The molecule has 1 heterocycles. The Bertz CT molecular complexity index is 3780. The Morgan fingerprint density at radius 2 is 0.824 bits per heavy atom. The van der Waals surface area contributed by atoms with Gasteiger partial charge in [0.05, 0.1) is 16.8 Å². The van der Waals surface area contributed by atoms with Crippen LogP contribution in [0.3, 0.4) is 0 Å². The van der Waals surface area contributed by atoms with Gasteiger partial charge in [0.25, 0.3) is 0 Å². The average Bonchev–Trinajstić information content (AvgIpc) is 3.83. The third-order valence-electron chi connectivity index (χ3n) is 15.3. The predicted molar refractivity (Wildman–Crippen MR) is 282 cm³/mol. The lowest BCUT2D eigenvalue weighted by Gasteiger charge is -2.40. The fraction of sp³-hybridized carbons (Fsp3) is 0.0606. The molecule has 2 nitrogen and oxygen atoms in total. The second-order valence-electron chi connectivity index (χ2n) is 19.1. The van der Waals surface area contributed by atoms with Crippen molar-refractivity contribution in [1.82, 2.24) is 0 Å². The molecule has 2 aliphatic carbocycles. The van der Waals surface area contributed by atoms with Crippen molar-refractivity contribution in [2.45, 2.75) is 24.7 Å². The fourth-order valence-electron chi connectivity index (χ4n) is 12.3. The Balaban J connectivity index is 0.990. The highest BCUT2D eigenvalue weighted by Gasteiger charge is 2.52. The zero-order valence-corrected chi connectivity index (χ0v) is 37.9. The summed E-state index contributed by atoms with van der Waals surface area (Å²) in [6.45, 7) is 4.72. The normalized spacial score (nSPS) is 14.1. The number of nitrogens with zero attached hydrogens (tertiary/aromatic N) is 1. The van der Waals surface area contributed by atoms with Crippen LogP contribution in [0.2, 0.25) is 0 Å². The first-order valence-corrected chi connectivity index (χ1v) is 23.8. The van der Waals surface area contributed by atoms with E-state index in [1.54, 1.807) is 0 Å². The Morgan fingerprint density at radius 3 is 1.53 bits per heavy atom. The van der Waals surface area contributed by atoms with E-state index in [0.717, 1.165) is 33.6 Å². The standard InChI is InChI=1S/C66H45NO/c1-65(2)53-28-13-10-25-51(53)62-55(65)30-17-33-60(62)67(59-32-15-12-22-47(59)42-18-4-3-5-19-42)46-38-34-45(35-39-46)48-27-16-31-56-61(48)52-26-11-14-29-54(52)66(56)57-40-36-43-20-6-8-23-49(43)63(57)68-64-50-24-9-7-21-44(50)37-41-58(64)66/h3-41H,1-2H3. The van der Waals surface area contributed by atoms with E-state index in [-0.39, 0.29) is 5.41 Å². The van der Waals surface area contributed by atoms with Crippen LogP contribution >= 0.6 is 0 Å². The predicted octanol–water partition coefficient (Wildman–Crippen LogP) is 17.6. The van der Waals surface area contributed by atoms with Crippen molar-refractivity contribution in [2.24, 2.45) is 0 Å². The van der Waals surface area contributed by atoms with E-state index in [9.17, 15) is 0 Å². The van der Waals surface area contributed by atoms with Gasteiger partial charge in [-0.25, -0.2) is 0 Å². The van der Waals surface area contributed by atoms with Crippen molar-refractivity contribution < 1.29 is 4.74 Å². The lowest BCUT2D eigenvalue weighted by atomic mass is 9.65. The summed E-state index contributed by atoms with van der Waals surface area (Å²) in [6, 6.07) is 87.3. The summed E-state index contributed by atoms with van der Waals surface area (Å²) < 4.78 is 7.23. The number of anilines is 3. The molecule has 0 saturated heterocycles. The highest BCUT2D eigenvalue weighted by atomic mass is 16.5. The molecule has 320 valence electrons. The number of benzene rings is 11. The minimum absolute atomic E-state index is 0.135. The lowest BCUT2D eigenvalue weighted by molar-refractivity contribution is 0.447. The average molecular weight is 868 g/mol. The number of hydrogen-bond donors (Lipinski definition) is 0. The molecular formula is C66H45NO. The van der Waals surface area contributed by atoms with Gasteiger partial charge in [-0.15, -0.1) is 0 Å². The van der Waals surface area contributed by atoms with Gasteiger partial charge >= 0.3 is 0 Å². The van der Waals surface area contributed by atoms with E-state index in [1.165, 1.54) is 94.3 Å². The quantitative estimate of drug-likeness (QED) is 0.171. The molecule has 0 N–H and O–H groups in total. The summed E-state index contributed by atoms with van der Waals surface area (Å²) in [5, 5.41) is 4.57. The van der Waals surface area contributed by atoms with Crippen LogP contribution in [-0.4, -0.2) is 0 Å². The van der Waals surface area contributed by atoms with Crippen LogP contribution in [0.15, 0.2) is 237 Å². The maximum absolute atomic E-state index is 7.23. The molecule has 0 atom stereocenters. The van der Waals surface area contributed by atoms with Crippen molar-refractivity contribution in [3.63, 3.8) is 0 Å². The highest BCUT2D eigenvalue weighted by molar-refractivity contribution is 6.03. The Kier molecular flexibility index (Phi) is 8.28. The van der Waals surface area contributed by atoms with Crippen LogP contribution in [0, 0.1) is 0 Å². The highest BCUT2D eigenvalue weighted by Crippen LogP contribution is 2.65. The summed E-state index contributed by atoms with van der Waals surface area (Å²) in [5.74, 6) is 1.86. The fourth-order valence-corrected chi connectivity index (χ4v) is 12.3. The molecular weight excluding hydrogens is 823 g/mol. The molecule has 3 aliphatic rings. The first kappa shape index (κ1) is 38.8. The van der Waals surface area contributed by atoms with Crippen molar-refractivity contribution >= 4 is 38.6 Å². The van der Waals surface area contributed by atoms with Gasteiger partial charge in [-0.2, -0.15) is 0 Å². The first-order chi connectivity index (χ1) is 33.5. The van der Waals surface area contributed by atoms with Crippen molar-refractivity contribution in [3.05, 3.63) is 270 Å². The van der Waals surface area contributed by atoms with Crippen LogP contribution < -0.4 is 9.64 Å². The molecule has 1 spiro atoms. The van der Waals surface area contributed by atoms with E-state index in [2.05, 4.69) is 255 Å². The van der Waals surface area contributed by atoms with Crippen LogP contribution in [0.5, 0.6) is 11.5 Å². The van der Waals surface area contributed by atoms with Gasteiger partial charge < -0.3 is 9.64 Å². The summed E-state index contributed by atoms with van der Waals surface area (Å²) >= 11 is 0. The summed E-state index contributed by atoms with van der Waals surface area (Å²) in [5.41, 5.74) is 20.1. The zero-order chi connectivity index (χ0) is 45.1. The van der Waals surface area contributed by atoms with E-state index < -0.39 is 5.41 Å². The second kappa shape index (κ2) is 14.5. The van der Waals surface area contributed by atoms with E-state index in [0.29, 0.717) is 0 Å². The van der Waals surface area contributed by atoms with Gasteiger partial charge in [-0.05, 0) is 90.7 Å². The van der Waals surface area contributed by atoms with Gasteiger partial charge in [0.15, 0.2) is 0 Å². The van der Waals surface area contributed by atoms with Gasteiger partial charge in [-0.3, -0.25) is 0 Å². The third-order valence-corrected chi connectivity index (χ3v) is 15.3. The largest absolute Gasteiger partial charge is 0.455 e. The van der Waals surface area contributed by atoms with Crippen molar-refractivity contribution in [2.75, 3.05) is 4.90 Å². The molecule has 0 bridgehead atoms. The van der Waals surface area contributed by atoms with E-state index in [1.807, 2.05) is 0 Å². The van der Waals surface area contributed by atoms with E-state index >= 15 is 0 Å². The minimum Gasteiger partial charge on any atom is -0.455 e. The molecule has 0 unspecified atom stereocenters. The number of para-hydroxylation sites is 1. The van der Waals surface area contributed by atoms with Gasteiger partial charge in [0.1, 0.15) is 11.5 Å². The smallest absolute Gasteiger partial charge is 0.140 e. The molecule has 0 radical (unpaired) electrons. The summed E-state index contributed by atoms with van der Waals surface area (Å²) in [7, 11) is 0. The minimum atomic E-state index is -0.617. The number of ether oxygens (including phenoxy) is 1. The van der Waals surface area contributed by atoms with Gasteiger partial charge in [-0.1, -0.05) is 226 Å². The molecule has 0 saturated carbocycles. The first-order valence-electron chi connectivity index (χ1n) is 23.8. The number of hydrogen-bond acceptors (Lipinski definition) is 2. The van der Waals surface area contributed by atoms with Crippen LogP contribution in [0.4, 0.5) is 17.1 Å². The molecule has 11 aromatic rings. The monoisotopic (exact) mass is 867 g/mol. The van der Waals surface area contributed by atoms with Crippen LogP contribution in [0.1, 0.15) is 47.2 Å². The molecule has 2 heteroatoms. The Morgan fingerprint density at radius 1 is 0.324 bits per heavy atom. The molecule has 0 amide bonds. The van der Waals surface area contributed by atoms with Crippen molar-refractivity contribution in [1.29, 1.82) is 0 Å². The van der Waals surface area contributed by atoms with E-state index in [4.69, 9.17) is 4.74 Å². The third kappa shape index (κ3) is 5.29. The van der Waals surface area contributed by atoms with Crippen molar-refractivity contribution in [3.8, 4) is 56.0 Å². The molecule has 11 aromatic carbocycles. The Labute approximate surface area is 397 Å². The number of rotatable bonds is 5. The zero-order valence-electron chi connectivity index (χ0n) is 37.9. The van der Waals surface area contributed by atoms with Crippen LogP contribution in [0.25, 0.3) is 66.1 Å². The van der Waals surface area contributed by atoms with Gasteiger partial charge in [0.2, 0.25) is 0 Å². The lowest BCUT2D eigenvalue weighted by Crippen LogP contribution is -2.32.